The van der Waals surface area contributed by atoms with Crippen molar-refractivity contribution in [3.63, 3.8) is 0 Å². The van der Waals surface area contributed by atoms with Crippen LogP contribution in [0.1, 0.15) is 329 Å². The first kappa shape index (κ1) is 77.1. The maximum atomic E-state index is 12.9. The quantitative estimate of drug-likeness (QED) is 0.0261. The van der Waals surface area contributed by atoms with Crippen molar-refractivity contribution < 1.29 is 28.6 Å². The van der Waals surface area contributed by atoms with E-state index in [1.165, 1.54) is 167 Å². The minimum Gasteiger partial charge on any atom is -0.462 e. The lowest BCUT2D eigenvalue weighted by Gasteiger charge is -2.18. The van der Waals surface area contributed by atoms with Crippen molar-refractivity contribution in [1.82, 2.24) is 0 Å². The molecule has 0 N–H and O–H groups in total. The van der Waals surface area contributed by atoms with Gasteiger partial charge in [0.05, 0.1) is 0 Å². The number of carbonyl (C=O) groups excluding carboxylic acids is 3. The van der Waals surface area contributed by atoms with Crippen molar-refractivity contribution in [2.45, 2.75) is 335 Å². The Kier molecular flexibility index (Phi) is 65.2. The van der Waals surface area contributed by atoms with Gasteiger partial charge in [-0.25, -0.2) is 0 Å². The predicted octanol–water partition coefficient (Wildman–Crippen LogP) is 23.8. The molecule has 0 radical (unpaired) electrons. The summed E-state index contributed by atoms with van der Waals surface area (Å²) in [6, 6.07) is 0. The number of hydrogen-bond donors (Lipinski definition) is 0. The van der Waals surface area contributed by atoms with Gasteiger partial charge >= 0.3 is 17.9 Å². The van der Waals surface area contributed by atoms with Crippen LogP contribution < -0.4 is 0 Å². The molecule has 1 atom stereocenters. The third-order valence-electron chi connectivity index (χ3n) is 14.8. The Labute approximate surface area is 501 Å². The molecule has 0 rings (SSSR count). The lowest BCUT2D eigenvalue weighted by Crippen LogP contribution is -2.30. The molecule has 464 valence electrons. The summed E-state index contributed by atoms with van der Waals surface area (Å²) in [6.45, 7) is 6.53. The highest BCUT2D eigenvalue weighted by Crippen LogP contribution is 2.17. The molecule has 0 heterocycles. The minimum absolute atomic E-state index is 0.0881. The molecule has 6 heteroatoms. The zero-order chi connectivity index (χ0) is 58.5. The molecule has 0 aliphatic heterocycles. The molecule has 0 fully saturated rings. The van der Waals surface area contributed by atoms with Crippen LogP contribution in [0.5, 0.6) is 0 Å². The summed E-state index contributed by atoms with van der Waals surface area (Å²) < 4.78 is 17.0. The third-order valence-corrected chi connectivity index (χ3v) is 14.8. The van der Waals surface area contributed by atoms with E-state index in [4.69, 9.17) is 14.2 Å². The molecule has 0 aromatic rings. The zero-order valence-corrected chi connectivity index (χ0v) is 53.3. The Morgan fingerprint density at radius 2 is 0.481 bits per heavy atom. The number of hydrogen-bond acceptors (Lipinski definition) is 6. The molecular formula is C75H128O6. The van der Waals surface area contributed by atoms with Gasteiger partial charge in [-0.05, 0) is 109 Å². The molecule has 0 aromatic carbocycles. The Bertz CT molecular complexity index is 1620. The average molecular weight is 1130 g/mol. The Morgan fingerprint density at radius 3 is 0.753 bits per heavy atom. The van der Waals surface area contributed by atoms with E-state index in [1.54, 1.807) is 0 Å². The summed E-state index contributed by atoms with van der Waals surface area (Å²) in [5, 5.41) is 0. The molecule has 0 aromatic heterocycles. The van der Waals surface area contributed by atoms with Crippen LogP contribution >= 0.6 is 0 Å². The van der Waals surface area contributed by atoms with Gasteiger partial charge in [-0.15, -0.1) is 0 Å². The minimum atomic E-state index is -0.796. The van der Waals surface area contributed by atoms with E-state index in [9.17, 15) is 14.4 Å². The van der Waals surface area contributed by atoms with Crippen LogP contribution in [-0.2, 0) is 28.6 Å². The molecule has 0 aliphatic carbocycles. The van der Waals surface area contributed by atoms with Crippen LogP contribution in [0.15, 0.2) is 109 Å². The van der Waals surface area contributed by atoms with Gasteiger partial charge in [0, 0.05) is 19.3 Å². The second-order valence-corrected chi connectivity index (χ2v) is 22.7. The highest BCUT2D eigenvalue weighted by molar-refractivity contribution is 5.71. The lowest BCUT2D eigenvalue weighted by atomic mass is 10.0. The van der Waals surface area contributed by atoms with Crippen molar-refractivity contribution in [3.05, 3.63) is 109 Å². The normalized spacial score (nSPS) is 12.8. The molecular weight excluding hydrogens is 997 g/mol. The summed E-state index contributed by atoms with van der Waals surface area (Å²) in [5.41, 5.74) is 0. The maximum Gasteiger partial charge on any atom is 0.306 e. The van der Waals surface area contributed by atoms with Crippen LogP contribution in [0.2, 0.25) is 0 Å². The van der Waals surface area contributed by atoms with E-state index >= 15 is 0 Å². The molecule has 0 saturated carbocycles. The van der Waals surface area contributed by atoms with Gasteiger partial charge in [0.2, 0.25) is 0 Å². The number of unbranched alkanes of at least 4 members (excludes halogenated alkanes) is 33. The van der Waals surface area contributed by atoms with E-state index in [0.29, 0.717) is 19.3 Å². The Morgan fingerprint density at radius 1 is 0.259 bits per heavy atom. The van der Waals surface area contributed by atoms with Gasteiger partial charge in [-0.1, -0.05) is 310 Å². The Balaban J connectivity index is 4.41. The maximum absolute atomic E-state index is 12.9. The fourth-order valence-electron chi connectivity index (χ4n) is 9.63. The summed E-state index contributed by atoms with van der Waals surface area (Å²) >= 11 is 0. The number of ether oxygens (including phenoxy) is 3. The van der Waals surface area contributed by atoms with E-state index in [0.717, 1.165) is 122 Å². The van der Waals surface area contributed by atoms with E-state index in [1.807, 2.05) is 0 Å². The van der Waals surface area contributed by atoms with E-state index in [-0.39, 0.29) is 31.1 Å². The van der Waals surface area contributed by atoms with Crippen molar-refractivity contribution in [1.29, 1.82) is 0 Å². The van der Waals surface area contributed by atoms with Gasteiger partial charge in [0.1, 0.15) is 13.2 Å². The smallest absolute Gasteiger partial charge is 0.306 e. The molecule has 0 bridgehead atoms. The monoisotopic (exact) mass is 1120 g/mol. The van der Waals surface area contributed by atoms with Crippen LogP contribution in [0.25, 0.3) is 0 Å². The van der Waals surface area contributed by atoms with Crippen LogP contribution in [0, 0.1) is 0 Å². The molecule has 6 nitrogen and oxygen atoms in total. The molecule has 81 heavy (non-hydrogen) atoms. The first-order chi connectivity index (χ1) is 40.0. The standard InChI is InChI=1S/C75H128O6/c1-4-7-10-13-16-19-22-25-28-30-32-34-36-37-39-40-42-44-47-50-53-56-59-62-65-68-74(77)80-71-72(70-79-73(76)67-64-61-58-55-52-49-46-27-24-21-18-15-12-9-6-3)81-75(78)69-66-63-60-57-54-51-48-45-43-41-38-35-33-31-29-26-23-20-17-14-11-8-5-2/h8,11,17,20,22,25-26,29-30,32-33,35-37,41,43,48,51,72H,4-7,9-10,12-16,18-19,21,23-24,27-28,31,34,38-40,42,44-47,49-50,52-71H2,1-3H3/b11-8-,20-17-,25-22-,29-26-,32-30-,35-33-,37-36-,43-41-,51-48-. The average Bonchev–Trinajstić information content (AvgIpc) is 3.47. The van der Waals surface area contributed by atoms with Crippen molar-refractivity contribution in [2.24, 2.45) is 0 Å². The number of allylic oxidation sites excluding steroid dienone is 18. The van der Waals surface area contributed by atoms with Crippen LogP contribution in [-0.4, -0.2) is 37.2 Å². The summed E-state index contributed by atoms with van der Waals surface area (Å²) in [6.07, 6.45) is 93.8. The molecule has 0 saturated heterocycles. The highest BCUT2D eigenvalue weighted by atomic mass is 16.6. The summed E-state index contributed by atoms with van der Waals surface area (Å²) in [7, 11) is 0. The molecule has 0 amide bonds. The van der Waals surface area contributed by atoms with Gasteiger partial charge in [0.25, 0.3) is 0 Å². The number of rotatable bonds is 62. The topological polar surface area (TPSA) is 78.9 Å². The second kappa shape index (κ2) is 68.6. The van der Waals surface area contributed by atoms with Gasteiger partial charge in [-0.3, -0.25) is 14.4 Å². The van der Waals surface area contributed by atoms with Gasteiger partial charge < -0.3 is 14.2 Å². The van der Waals surface area contributed by atoms with Gasteiger partial charge in [0.15, 0.2) is 6.10 Å². The SMILES string of the molecule is CC/C=C\C/C=C\C/C=C\C/C=C\C/C=C\C/C=C\CCCCCCC(=O)OC(COC(=O)CCCCCCCCCCCC/C=C\C/C=C\C/C=C\CCCCCCC)COC(=O)CCCCCCCCCCCCCCCCC. The largest absolute Gasteiger partial charge is 0.462 e. The van der Waals surface area contributed by atoms with Crippen molar-refractivity contribution >= 4 is 17.9 Å². The summed E-state index contributed by atoms with van der Waals surface area (Å²) in [4.78, 5) is 38.4. The predicted molar refractivity (Wildman–Crippen MR) is 353 cm³/mol. The highest BCUT2D eigenvalue weighted by Gasteiger charge is 2.19. The summed E-state index contributed by atoms with van der Waals surface area (Å²) in [5.74, 6) is -0.904. The molecule has 0 aliphatic rings. The molecule has 0 spiro atoms. The van der Waals surface area contributed by atoms with Crippen LogP contribution in [0.3, 0.4) is 0 Å². The number of esters is 3. The van der Waals surface area contributed by atoms with Gasteiger partial charge in [-0.2, -0.15) is 0 Å². The van der Waals surface area contributed by atoms with Crippen LogP contribution in [0.4, 0.5) is 0 Å². The lowest BCUT2D eigenvalue weighted by molar-refractivity contribution is -0.167. The van der Waals surface area contributed by atoms with E-state index in [2.05, 4.69) is 130 Å². The fourth-order valence-corrected chi connectivity index (χ4v) is 9.63. The van der Waals surface area contributed by atoms with Crippen molar-refractivity contribution in [3.8, 4) is 0 Å². The Hall–Kier alpha value is -3.93. The third kappa shape index (κ3) is 66.8. The molecule has 1 unspecified atom stereocenters. The van der Waals surface area contributed by atoms with Crippen molar-refractivity contribution in [2.75, 3.05) is 13.2 Å². The van der Waals surface area contributed by atoms with E-state index < -0.39 is 6.10 Å². The number of carbonyl (C=O) groups is 3. The fraction of sp³-hybridized carbons (Fsp3) is 0.720. The second-order valence-electron chi connectivity index (χ2n) is 22.7. The zero-order valence-electron chi connectivity index (χ0n) is 53.3. The first-order valence-corrected chi connectivity index (χ1v) is 34.4. The first-order valence-electron chi connectivity index (χ1n) is 34.4.